The Hall–Kier alpha value is -1.06. The summed E-state index contributed by atoms with van der Waals surface area (Å²) >= 11 is 6.27. The minimum absolute atomic E-state index is 0.0711. The highest BCUT2D eigenvalue weighted by atomic mass is 35.5. The van der Waals surface area contributed by atoms with E-state index in [1.54, 1.807) is 0 Å². The van der Waals surface area contributed by atoms with Gasteiger partial charge in [-0.05, 0) is 52.4 Å². The molecule has 1 aromatic rings. The summed E-state index contributed by atoms with van der Waals surface area (Å²) in [5, 5.41) is 3.88. The highest BCUT2D eigenvalue weighted by Gasteiger charge is 2.37. The van der Waals surface area contributed by atoms with Crippen LogP contribution in [-0.4, -0.2) is 30.9 Å². The standard InChI is InChI=1S/C17H25ClN2O/c1-17(2,13-9-5-6-10-14(13)18)19-16(21)12-8-7-11-15(12)20(3)4/h5-6,9-10,12,15H,7-8,11H2,1-4H3,(H,19,21)/t12-,15-/m0/s1. The maximum atomic E-state index is 12.7. The van der Waals surface area contributed by atoms with E-state index in [0.717, 1.165) is 24.8 Å². The van der Waals surface area contributed by atoms with E-state index in [2.05, 4.69) is 24.3 Å². The van der Waals surface area contributed by atoms with Crippen LogP contribution in [-0.2, 0) is 10.3 Å². The van der Waals surface area contributed by atoms with Crippen LogP contribution in [0.2, 0.25) is 5.02 Å². The van der Waals surface area contributed by atoms with E-state index in [1.165, 1.54) is 0 Å². The molecule has 0 heterocycles. The van der Waals surface area contributed by atoms with Crippen LogP contribution in [0.25, 0.3) is 0 Å². The lowest BCUT2D eigenvalue weighted by atomic mass is 9.92. The molecule has 1 aromatic carbocycles. The number of nitrogens with one attached hydrogen (secondary N) is 1. The fourth-order valence-corrected chi connectivity index (χ4v) is 3.67. The topological polar surface area (TPSA) is 32.3 Å². The van der Waals surface area contributed by atoms with Gasteiger partial charge in [0.2, 0.25) is 5.91 Å². The number of carbonyl (C=O) groups is 1. The predicted molar refractivity (Wildman–Crippen MR) is 87.4 cm³/mol. The zero-order valence-corrected chi connectivity index (χ0v) is 14.1. The lowest BCUT2D eigenvalue weighted by Crippen LogP contribution is -2.48. The van der Waals surface area contributed by atoms with E-state index in [-0.39, 0.29) is 11.8 Å². The average molecular weight is 309 g/mol. The van der Waals surface area contributed by atoms with Crippen LogP contribution in [0.15, 0.2) is 24.3 Å². The zero-order chi connectivity index (χ0) is 15.6. The Labute approximate surface area is 132 Å². The second kappa shape index (κ2) is 6.37. The molecule has 1 fully saturated rings. The van der Waals surface area contributed by atoms with Gasteiger partial charge >= 0.3 is 0 Å². The van der Waals surface area contributed by atoms with Crippen LogP contribution < -0.4 is 5.32 Å². The number of hydrogen-bond donors (Lipinski definition) is 1. The molecule has 3 nitrogen and oxygen atoms in total. The lowest BCUT2D eigenvalue weighted by Gasteiger charge is -2.32. The first kappa shape index (κ1) is 16.3. The third-order valence-corrected chi connectivity index (χ3v) is 4.79. The molecule has 116 valence electrons. The number of halogens is 1. The molecular formula is C17H25ClN2O. The Kier molecular flexibility index (Phi) is 4.95. The van der Waals surface area contributed by atoms with Gasteiger partial charge < -0.3 is 10.2 Å². The summed E-state index contributed by atoms with van der Waals surface area (Å²) in [6.07, 6.45) is 3.18. The summed E-state index contributed by atoms with van der Waals surface area (Å²) in [5.41, 5.74) is 0.494. The highest BCUT2D eigenvalue weighted by Crippen LogP contribution is 2.32. The first-order valence-corrected chi connectivity index (χ1v) is 7.94. The fraction of sp³-hybridized carbons (Fsp3) is 0.588. The van der Waals surface area contributed by atoms with Crippen LogP contribution in [0.5, 0.6) is 0 Å². The molecule has 2 atom stereocenters. The molecule has 0 aliphatic heterocycles. The molecule has 21 heavy (non-hydrogen) atoms. The Morgan fingerprint density at radius 1 is 1.29 bits per heavy atom. The second-order valence-electron chi connectivity index (χ2n) is 6.66. The Balaban J connectivity index is 2.13. The van der Waals surface area contributed by atoms with Gasteiger partial charge in [0.25, 0.3) is 0 Å². The minimum Gasteiger partial charge on any atom is -0.347 e. The molecule has 0 saturated heterocycles. The van der Waals surface area contributed by atoms with Crippen molar-refractivity contribution in [2.45, 2.75) is 44.7 Å². The lowest BCUT2D eigenvalue weighted by molar-refractivity contribution is -0.128. The van der Waals surface area contributed by atoms with Crippen molar-refractivity contribution >= 4 is 17.5 Å². The number of amides is 1. The predicted octanol–water partition coefficient (Wildman–Crippen LogP) is 3.42. The zero-order valence-electron chi connectivity index (χ0n) is 13.3. The Bertz CT molecular complexity index is 513. The highest BCUT2D eigenvalue weighted by molar-refractivity contribution is 6.31. The van der Waals surface area contributed by atoms with Crippen LogP contribution in [0.3, 0.4) is 0 Å². The van der Waals surface area contributed by atoms with Gasteiger partial charge in [0.05, 0.1) is 11.5 Å². The van der Waals surface area contributed by atoms with Gasteiger partial charge in [-0.15, -0.1) is 0 Å². The van der Waals surface area contributed by atoms with E-state index < -0.39 is 5.54 Å². The summed E-state index contributed by atoms with van der Waals surface area (Å²) in [6, 6.07) is 8.03. The number of carbonyl (C=O) groups excluding carboxylic acids is 1. The molecule has 0 spiro atoms. The quantitative estimate of drug-likeness (QED) is 0.924. The van der Waals surface area contributed by atoms with Gasteiger partial charge in [-0.3, -0.25) is 4.79 Å². The van der Waals surface area contributed by atoms with Crippen LogP contribution in [0.1, 0.15) is 38.7 Å². The third kappa shape index (κ3) is 3.58. The summed E-state index contributed by atoms with van der Waals surface area (Å²) < 4.78 is 0. The maximum absolute atomic E-state index is 12.7. The molecule has 4 heteroatoms. The van der Waals surface area contributed by atoms with Gasteiger partial charge in [0, 0.05) is 11.1 Å². The van der Waals surface area contributed by atoms with Crippen molar-refractivity contribution in [3.63, 3.8) is 0 Å². The fourth-order valence-electron chi connectivity index (χ4n) is 3.30. The monoisotopic (exact) mass is 308 g/mol. The first-order valence-electron chi connectivity index (χ1n) is 7.56. The molecule has 2 rings (SSSR count). The summed E-state index contributed by atoms with van der Waals surface area (Å²) in [5.74, 6) is 0.206. The first-order chi connectivity index (χ1) is 9.83. The molecule has 0 bridgehead atoms. The smallest absolute Gasteiger partial charge is 0.225 e. The van der Waals surface area contributed by atoms with Crippen LogP contribution in [0, 0.1) is 5.92 Å². The number of hydrogen-bond acceptors (Lipinski definition) is 2. The normalized spacial score (nSPS) is 22.6. The van der Waals surface area contributed by atoms with Gasteiger partial charge in [0.15, 0.2) is 0 Å². The van der Waals surface area contributed by atoms with E-state index >= 15 is 0 Å². The Morgan fingerprint density at radius 3 is 2.57 bits per heavy atom. The van der Waals surface area contributed by atoms with Crippen molar-refractivity contribution in [2.75, 3.05) is 14.1 Å². The SMILES string of the molecule is CN(C)[C@H]1CCC[C@@H]1C(=O)NC(C)(C)c1ccccc1Cl. The molecule has 1 aliphatic carbocycles. The largest absolute Gasteiger partial charge is 0.347 e. The molecule has 1 aliphatic rings. The van der Waals surface area contributed by atoms with Gasteiger partial charge in [0.1, 0.15) is 0 Å². The average Bonchev–Trinajstić information content (AvgIpc) is 2.87. The van der Waals surface area contributed by atoms with Crippen molar-refractivity contribution in [1.82, 2.24) is 10.2 Å². The van der Waals surface area contributed by atoms with E-state index in [9.17, 15) is 4.79 Å². The number of benzene rings is 1. The second-order valence-corrected chi connectivity index (χ2v) is 7.07. The van der Waals surface area contributed by atoms with Crippen LogP contribution in [0.4, 0.5) is 0 Å². The van der Waals surface area contributed by atoms with Crippen molar-refractivity contribution in [3.05, 3.63) is 34.9 Å². The van der Waals surface area contributed by atoms with Crippen LogP contribution >= 0.6 is 11.6 Å². The molecule has 0 unspecified atom stereocenters. The van der Waals surface area contributed by atoms with Crippen molar-refractivity contribution < 1.29 is 4.79 Å². The van der Waals surface area contributed by atoms with Gasteiger partial charge in [-0.2, -0.15) is 0 Å². The number of rotatable bonds is 4. The molecular weight excluding hydrogens is 284 g/mol. The molecule has 1 amide bonds. The van der Waals surface area contributed by atoms with E-state index in [1.807, 2.05) is 38.1 Å². The summed E-state index contributed by atoms with van der Waals surface area (Å²) in [6.45, 7) is 4.01. The summed E-state index contributed by atoms with van der Waals surface area (Å²) in [4.78, 5) is 14.8. The van der Waals surface area contributed by atoms with Crippen molar-refractivity contribution in [2.24, 2.45) is 5.92 Å². The molecule has 0 radical (unpaired) electrons. The van der Waals surface area contributed by atoms with Gasteiger partial charge in [-0.1, -0.05) is 36.2 Å². The van der Waals surface area contributed by atoms with Gasteiger partial charge in [-0.25, -0.2) is 0 Å². The number of nitrogens with zero attached hydrogens (tertiary/aromatic N) is 1. The van der Waals surface area contributed by atoms with E-state index in [4.69, 9.17) is 11.6 Å². The molecule has 0 aromatic heterocycles. The van der Waals surface area contributed by atoms with Crippen molar-refractivity contribution in [3.8, 4) is 0 Å². The van der Waals surface area contributed by atoms with E-state index in [0.29, 0.717) is 11.1 Å². The minimum atomic E-state index is -0.463. The third-order valence-electron chi connectivity index (χ3n) is 4.46. The maximum Gasteiger partial charge on any atom is 0.225 e. The summed E-state index contributed by atoms with van der Waals surface area (Å²) in [7, 11) is 4.10. The molecule has 1 saturated carbocycles. The Morgan fingerprint density at radius 2 is 1.95 bits per heavy atom. The molecule has 1 N–H and O–H groups in total. The van der Waals surface area contributed by atoms with Crippen molar-refractivity contribution in [1.29, 1.82) is 0 Å².